The van der Waals surface area contributed by atoms with Crippen LogP contribution in [0.1, 0.15) is 44.5 Å². The van der Waals surface area contributed by atoms with Crippen LogP contribution >= 0.6 is 0 Å². The average molecular weight is 619 g/mol. The van der Waals surface area contributed by atoms with Crippen molar-refractivity contribution in [2.45, 2.75) is 55.4 Å². The van der Waals surface area contributed by atoms with Crippen LogP contribution in [0.15, 0.2) is 36.4 Å². The van der Waals surface area contributed by atoms with Crippen molar-refractivity contribution >= 4 is 21.5 Å². The number of hydrogen-bond acceptors (Lipinski definition) is 2. The van der Waals surface area contributed by atoms with Crippen molar-refractivity contribution in [3.8, 4) is 56.4 Å². The minimum absolute atomic E-state index is 0.0466. The summed E-state index contributed by atoms with van der Waals surface area (Å²) in [5.41, 5.74) is 7.93. The van der Waals surface area contributed by atoms with Crippen molar-refractivity contribution in [3.63, 3.8) is 0 Å². The van der Waals surface area contributed by atoms with Crippen molar-refractivity contribution in [2.75, 3.05) is 0 Å². The molecule has 0 spiro atoms. The summed E-state index contributed by atoms with van der Waals surface area (Å²) >= 11 is 0. The Morgan fingerprint density at radius 3 is 1.13 bits per heavy atom. The Hall–Kier alpha value is -4.84. The Morgan fingerprint density at radius 2 is 0.761 bits per heavy atom. The third-order valence-corrected chi connectivity index (χ3v) is 10.6. The van der Waals surface area contributed by atoms with Gasteiger partial charge in [-0.3, -0.25) is 0 Å². The molecule has 0 bridgehead atoms. The van der Waals surface area contributed by atoms with Gasteiger partial charge in [-0.25, -0.2) is 17.6 Å². The zero-order valence-corrected chi connectivity index (χ0v) is 26.8. The van der Waals surface area contributed by atoms with E-state index < -0.39 is 23.3 Å². The summed E-state index contributed by atoms with van der Waals surface area (Å²) in [6.07, 6.45) is 0. The van der Waals surface area contributed by atoms with Gasteiger partial charge in [0.15, 0.2) is 0 Å². The molecule has 0 N–H and O–H groups in total. The third kappa shape index (κ3) is 3.42. The van der Waals surface area contributed by atoms with E-state index in [1.807, 2.05) is 65.8 Å². The van der Waals surface area contributed by atoms with Crippen LogP contribution in [0.5, 0.6) is 23.0 Å². The molecular formula is C40H30F4O2. The van der Waals surface area contributed by atoms with Crippen molar-refractivity contribution in [2.24, 2.45) is 0 Å². The topological polar surface area (TPSA) is 18.5 Å². The molecule has 6 heteroatoms. The molecule has 0 radical (unpaired) electrons. The number of halogens is 4. The van der Waals surface area contributed by atoms with Crippen LogP contribution in [0.2, 0.25) is 0 Å². The van der Waals surface area contributed by atoms with Crippen LogP contribution in [-0.2, 0) is 0 Å². The summed E-state index contributed by atoms with van der Waals surface area (Å²) < 4.78 is 76.2. The monoisotopic (exact) mass is 618 g/mol. The van der Waals surface area contributed by atoms with E-state index in [0.29, 0.717) is 66.8 Å². The summed E-state index contributed by atoms with van der Waals surface area (Å²) in [5, 5.41) is 1.57. The summed E-state index contributed by atoms with van der Waals surface area (Å²) in [6, 6.07) is 11.0. The maximum absolute atomic E-state index is 16.1. The molecule has 230 valence electrons. The van der Waals surface area contributed by atoms with Crippen LogP contribution in [0, 0.1) is 78.7 Å². The van der Waals surface area contributed by atoms with Crippen LogP contribution in [0.3, 0.4) is 0 Å². The number of rotatable bonds is 1. The standard InChI is InChI=1S/C40H30F4O2/c1-15-17(3)29-33-31(37(43)21(7)35(29)41)25-13-23(9-11-27(25)45-39(33)19(15)5)24-10-12-28-26(14-24)32-34-30(36(42)22(8)38(32)44)18(4)16(2)20(6)40(34)46-28/h9-14H,1-8H3. The molecule has 0 aromatic heterocycles. The zero-order valence-electron chi connectivity index (χ0n) is 26.8. The average Bonchev–Trinajstić information content (AvgIpc) is 3.05. The number of benzene rings is 6. The van der Waals surface area contributed by atoms with E-state index in [4.69, 9.17) is 9.47 Å². The molecule has 0 fully saturated rings. The van der Waals surface area contributed by atoms with E-state index >= 15 is 17.6 Å². The number of aryl methyl sites for hydroxylation is 2. The molecular weight excluding hydrogens is 588 g/mol. The smallest absolute Gasteiger partial charge is 0.139 e. The summed E-state index contributed by atoms with van der Waals surface area (Å²) in [4.78, 5) is 0. The largest absolute Gasteiger partial charge is 0.456 e. The van der Waals surface area contributed by atoms with Gasteiger partial charge < -0.3 is 9.47 Å². The highest BCUT2D eigenvalue weighted by Gasteiger charge is 2.33. The van der Waals surface area contributed by atoms with Crippen molar-refractivity contribution in [1.82, 2.24) is 0 Å². The predicted octanol–water partition coefficient (Wildman–Crippen LogP) is 12.2. The van der Waals surface area contributed by atoms with E-state index in [1.165, 1.54) is 13.8 Å². The first-order chi connectivity index (χ1) is 21.8. The lowest BCUT2D eigenvalue weighted by Crippen LogP contribution is -2.08. The van der Waals surface area contributed by atoms with E-state index in [1.54, 1.807) is 12.1 Å². The SMILES string of the molecule is Cc1c(C)c2c3c(c(F)c(C)c(F)c3c1C)-c1cc(-c3ccc4c(c3)-c3c(F)c(C)c(F)c5c(C)c(C)c(C)c(c35)O4)ccc1O2. The minimum atomic E-state index is -0.627. The second kappa shape index (κ2) is 9.35. The number of fused-ring (bicyclic) bond motifs is 4. The van der Waals surface area contributed by atoms with Gasteiger partial charge in [0.2, 0.25) is 0 Å². The third-order valence-electron chi connectivity index (χ3n) is 10.6. The van der Waals surface area contributed by atoms with Gasteiger partial charge in [-0.2, -0.15) is 0 Å². The minimum Gasteiger partial charge on any atom is -0.456 e. The van der Waals surface area contributed by atoms with Gasteiger partial charge in [0.05, 0.1) is 0 Å². The Labute approximate surface area is 264 Å². The molecule has 2 nitrogen and oxygen atoms in total. The van der Waals surface area contributed by atoms with Gasteiger partial charge in [-0.15, -0.1) is 0 Å². The van der Waals surface area contributed by atoms with Crippen LogP contribution in [0.4, 0.5) is 17.6 Å². The fraction of sp³-hybridized carbons (Fsp3) is 0.200. The lowest BCUT2D eigenvalue weighted by Gasteiger charge is -2.28. The van der Waals surface area contributed by atoms with Crippen molar-refractivity contribution in [3.05, 3.63) is 104 Å². The Bertz CT molecular complexity index is 2250. The van der Waals surface area contributed by atoms with Gasteiger partial charge in [-0.05, 0) is 124 Å². The van der Waals surface area contributed by atoms with E-state index in [2.05, 4.69) is 0 Å². The fourth-order valence-corrected chi connectivity index (χ4v) is 7.41. The second-order valence-electron chi connectivity index (χ2n) is 12.8. The van der Waals surface area contributed by atoms with Crippen molar-refractivity contribution in [1.29, 1.82) is 0 Å². The number of hydrogen-bond donors (Lipinski definition) is 0. The van der Waals surface area contributed by atoms with Crippen LogP contribution in [-0.4, -0.2) is 0 Å². The molecule has 6 aromatic rings. The maximum atomic E-state index is 16.1. The molecule has 0 atom stereocenters. The molecule has 0 unspecified atom stereocenters. The van der Waals surface area contributed by atoms with E-state index in [0.717, 1.165) is 44.5 Å². The molecule has 0 amide bonds. The predicted molar refractivity (Wildman–Crippen MR) is 176 cm³/mol. The van der Waals surface area contributed by atoms with Gasteiger partial charge in [-0.1, -0.05) is 12.1 Å². The molecule has 6 aromatic carbocycles. The first kappa shape index (κ1) is 28.6. The summed E-state index contributed by atoms with van der Waals surface area (Å²) in [5.74, 6) is -0.568. The Morgan fingerprint density at radius 1 is 0.391 bits per heavy atom. The molecule has 0 saturated carbocycles. The molecule has 2 aliphatic rings. The zero-order chi connectivity index (χ0) is 32.7. The lowest BCUT2D eigenvalue weighted by molar-refractivity contribution is 0.479. The Kier molecular flexibility index (Phi) is 5.82. The quantitative estimate of drug-likeness (QED) is 0.170. The molecule has 0 aliphatic carbocycles. The number of ether oxygens (including phenoxy) is 2. The van der Waals surface area contributed by atoms with E-state index in [9.17, 15) is 0 Å². The van der Waals surface area contributed by atoms with Crippen LogP contribution in [0.25, 0.3) is 54.9 Å². The first-order valence-electron chi connectivity index (χ1n) is 15.3. The van der Waals surface area contributed by atoms with Gasteiger partial charge in [0.25, 0.3) is 0 Å². The molecule has 46 heavy (non-hydrogen) atoms. The molecule has 2 heterocycles. The van der Waals surface area contributed by atoms with E-state index in [-0.39, 0.29) is 11.1 Å². The van der Waals surface area contributed by atoms with Gasteiger partial charge >= 0.3 is 0 Å². The van der Waals surface area contributed by atoms with Gasteiger partial charge in [0, 0.05) is 54.9 Å². The fourth-order valence-electron chi connectivity index (χ4n) is 7.41. The van der Waals surface area contributed by atoms with Crippen molar-refractivity contribution < 1.29 is 27.0 Å². The first-order valence-corrected chi connectivity index (χ1v) is 15.3. The Balaban J connectivity index is 1.38. The lowest BCUT2D eigenvalue weighted by atomic mass is 9.84. The molecule has 8 rings (SSSR count). The summed E-state index contributed by atoms with van der Waals surface area (Å²) in [7, 11) is 0. The normalized spacial score (nSPS) is 12.7. The highest BCUT2D eigenvalue weighted by Crippen LogP contribution is 2.55. The second-order valence-corrected chi connectivity index (χ2v) is 12.8. The highest BCUT2D eigenvalue weighted by molar-refractivity contribution is 6.09. The summed E-state index contributed by atoms with van der Waals surface area (Å²) in [6.45, 7) is 14.3. The molecule has 2 aliphatic heterocycles. The van der Waals surface area contributed by atoms with Crippen LogP contribution < -0.4 is 9.47 Å². The highest BCUT2D eigenvalue weighted by atomic mass is 19.1. The maximum Gasteiger partial charge on any atom is 0.139 e. The molecule has 0 saturated heterocycles. The van der Waals surface area contributed by atoms with Gasteiger partial charge in [0.1, 0.15) is 46.3 Å².